The van der Waals surface area contributed by atoms with Gasteiger partial charge in [0, 0.05) is 0 Å². The maximum Gasteiger partial charge on any atom is 0.184 e. The van der Waals surface area contributed by atoms with Gasteiger partial charge in [-0.25, -0.2) is 0 Å². The highest BCUT2D eigenvalue weighted by Gasteiger charge is 2.50. The van der Waals surface area contributed by atoms with E-state index in [4.69, 9.17) is 18.3 Å². The van der Waals surface area contributed by atoms with Crippen LogP contribution in [0.5, 0.6) is 0 Å². The van der Waals surface area contributed by atoms with Gasteiger partial charge in [0.15, 0.2) is 16.6 Å². The van der Waals surface area contributed by atoms with Crippen LogP contribution in [-0.2, 0) is 18.3 Å². The van der Waals surface area contributed by atoms with Crippen molar-refractivity contribution in [3.8, 4) is 0 Å². The summed E-state index contributed by atoms with van der Waals surface area (Å²) in [7, 11) is -3.09. The molecule has 2 saturated heterocycles. The van der Waals surface area contributed by atoms with Crippen LogP contribution in [0.2, 0.25) is 39.3 Å². The molecule has 2 aliphatic heterocycles. The maximum atomic E-state index is 6.14. The van der Waals surface area contributed by atoms with Gasteiger partial charge < -0.3 is 18.3 Å². The first kappa shape index (κ1) is 14.7. The standard InChI is InChI=1S/C12H26O4Si2/c1-17(2,3)15-9-7-13-12-10(8-14-11(9)12)16-18(4,5)6/h9-12H,7-8H2,1-6H3/t9-,10-,11+,12+/m1/s1. The molecule has 0 bridgehead atoms. The van der Waals surface area contributed by atoms with Gasteiger partial charge in [-0.2, -0.15) is 0 Å². The molecule has 0 aromatic heterocycles. The highest BCUT2D eigenvalue weighted by molar-refractivity contribution is 6.70. The van der Waals surface area contributed by atoms with Crippen molar-refractivity contribution < 1.29 is 18.3 Å². The molecule has 4 atom stereocenters. The molecule has 4 nitrogen and oxygen atoms in total. The Labute approximate surface area is 112 Å². The van der Waals surface area contributed by atoms with Gasteiger partial charge >= 0.3 is 0 Å². The van der Waals surface area contributed by atoms with E-state index in [2.05, 4.69) is 39.3 Å². The fraction of sp³-hybridized carbons (Fsp3) is 1.00. The summed E-state index contributed by atoms with van der Waals surface area (Å²) in [6, 6.07) is 0. The lowest BCUT2D eigenvalue weighted by Gasteiger charge is -2.26. The van der Waals surface area contributed by atoms with E-state index in [0.717, 1.165) is 0 Å². The Morgan fingerprint density at radius 1 is 0.722 bits per heavy atom. The van der Waals surface area contributed by atoms with E-state index in [1.165, 1.54) is 0 Å². The highest BCUT2D eigenvalue weighted by atomic mass is 28.4. The summed E-state index contributed by atoms with van der Waals surface area (Å²) in [6.07, 6.45) is 0.324. The molecule has 0 N–H and O–H groups in total. The van der Waals surface area contributed by atoms with Gasteiger partial charge in [-0.05, 0) is 39.3 Å². The van der Waals surface area contributed by atoms with Crippen molar-refractivity contribution in [1.29, 1.82) is 0 Å². The molecule has 0 aliphatic carbocycles. The SMILES string of the molecule is C[Si](C)(C)O[C@@H]1CO[C@@H]2[C@H]1OC[C@H]2O[Si](C)(C)C. The maximum absolute atomic E-state index is 6.14. The lowest BCUT2D eigenvalue weighted by atomic mass is 10.1. The Morgan fingerprint density at radius 3 is 1.33 bits per heavy atom. The lowest BCUT2D eigenvalue weighted by molar-refractivity contribution is 0.0135. The second-order valence-corrected chi connectivity index (χ2v) is 16.1. The van der Waals surface area contributed by atoms with Crippen LogP contribution in [0.3, 0.4) is 0 Å². The van der Waals surface area contributed by atoms with Gasteiger partial charge in [-0.1, -0.05) is 0 Å². The van der Waals surface area contributed by atoms with Crippen molar-refractivity contribution in [2.45, 2.75) is 63.7 Å². The minimum absolute atomic E-state index is 0.0677. The Morgan fingerprint density at radius 2 is 1.06 bits per heavy atom. The third-order valence-electron chi connectivity index (χ3n) is 2.97. The molecule has 0 aromatic rings. The summed E-state index contributed by atoms with van der Waals surface area (Å²) in [6.45, 7) is 14.5. The summed E-state index contributed by atoms with van der Waals surface area (Å²) in [4.78, 5) is 0. The normalized spacial score (nSPS) is 37.0. The van der Waals surface area contributed by atoms with Gasteiger partial charge in [0.2, 0.25) is 0 Å². The van der Waals surface area contributed by atoms with Crippen LogP contribution in [0.25, 0.3) is 0 Å². The predicted molar refractivity (Wildman–Crippen MR) is 75.9 cm³/mol. The minimum atomic E-state index is -1.54. The molecule has 2 rings (SSSR count). The molecular formula is C12H26O4Si2. The third-order valence-corrected chi connectivity index (χ3v) is 4.99. The van der Waals surface area contributed by atoms with E-state index in [1.54, 1.807) is 0 Å². The van der Waals surface area contributed by atoms with Crippen LogP contribution in [-0.4, -0.2) is 54.3 Å². The molecule has 0 spiro atoms. The number of fused-ring (bicyclic) bond motifs is 1. The Kier molecular flexibility index (Phi) is 4.07. The zero-order chi connectivity index (χ0) is 13.6. The van der Waals surface area contributed by atoms with Crippen LogP contribution in [0.4, 0.5) is 0 Å². The molecule has 2 fully saturated rings. The number of rotatable bonds is 4. The quantitative estimate of drug-likeness (QED) is 0.744. The molecule has 6 heteroatoms. The zero-order valence-electron chi connectivity index (χ0n) is 12.4. The average Bonchev–Trinajstić information content (AvgIpc) is 2.66. The van der Waals surface area contributed by atoms with E-state index in [0.29, 0.717) is 13.2 Å². The molecule has 0 radical (unpaired) electrons. The Bertz CT molecular complexity index is 267. The van der Waals surface area contributed by atoms with Gasteiger partial charge in [0.05, 0.1) is 25.4 Å². The van der Waals surface area contributed by atoms with E-state index < -0.39 is 16.6 Å². The fourth-order valence-electron chi connectivity index (χ4n) is 2.54. The van der Waals surface area contributed by atoms with Gasteiger partial charge in [-0.15, -0.1) is 0 Å². The monoisotopic (exact) mass is 290 g/mol. The fourth-order valence-corrected chi connectivity index (χ4v) is 4.76. The van der Waals surface area contributed by atoms with Crippen LogP contribution in [0.1, 0.15) is 0 Å². The number of ether oxygens (including phenoxy) is 2. The lowest BCUT2D eigenvalue weighted by Crippen LogP contribution is -2.42. The van der Waals surface area contributed by atoms with Gasteiger partial charge in [0.25, 0.3) is 0 Å². The molecular weight excluding hydrogens is 264 g/mol. The largest absolute Gasteiger partial charge is 0.410 e. The molecule has 0 amide bonds. The van der Waals surface area contributed by atoms with Gasteiger partial charge in [0.1, 0.15) is 12.2 Å². The van der Waals surface area contributed by atoms with Crippen LogP contribution >= 0.6 is 0 Å². The summed E-state index contributed by atoms with van der Waals surface area (Å²) >= 11 is 0. The van der Waals surface area contributed by atoms with Crippen molar-refractivity contribution in [2.75, 3.05) is 13.2 Å². The van der Waals surface area contributed by atoms with Crippen LogP contribution in [0.15, 0.2) is 0 Å². The van der Waals surface area contributed by atoms with Crippen molar-refractivity contribution in [2.24, 2.45) is 0 Å². The summed E-state index contributed by atoms with van der Waals surface area (Å²) in [5.41, 5.74) is 0. The molecule has 18 heavy (non-hydrogen) atoms. The summed E-state index contributed by atoms with van der Waals surface area (Å²) < 4.78 is 24.0. The van der Waals surface area contributed by atoms with Gasteiger partial charge in [-0.3, -0.25) is 0 Å². The Balaban J connectivity index is 1.95. The molecule has 2 heterocycles. The smallest absolute Gasteiger partial charge is 0.184 e. The van der Waals surface area contributed by atoms with Crippen molar-refractivity contribution in [3.63, 3.8) is 0 Å². The van der Waals surface area contributed by atoms with Crippen molar-refractivity contribution in [3.05, 3.63) is 0 Å². The number of hydrogen-bond acceptors (Lipinski definition) is 4. The first-order chi connectivity index (χ1) is 8.16. The summed E-state index contributed by atoms with van der Waals surface area (Å²) in [5.74, 6) is 0. The topological polar surface area (TPSA) is 36.9 Å². The average molecular weight is 291 g/mol. The predicted octanol–water partition coefficient (Wildman–Crippen LogP) is 2.22. The molecule has 0 unspecified atom stereocenters. The first-order valence-corrected chi connectivity index (χ1v) is 13.6. The summed E-state index contributed by atoms with van der Waals surface area (Å²) in [5, 5.41) is 0. The van der Waals surface area contributed by atoms with Crippen LogP contribution in [0, 0.1) is 0 Å². The first-order valence-electron chi connectivity index (χ1n) is 6.74. The zero-order valence-corrected chi connectivity index (χ0v) is 14.4. The highest BCUT2D eigenvalue weighted by Crippen LogP contribution is 2.33. The van der Waals surface area contributed by atoms with Crippen LogP contribution < -0.4 is 0 Å². The van der Waals surface area contributed by atoms with E-state index in [9.17, 15) is 0 Å². The van der Waals surface area contributed by atoms with Crippen molar-refractivity contribution >= 4 is 16.6 Å². The second kappa shape index (κ2) is 4.99. The Hall–Kier alpha value is 0.274. The number of hydrogen-bond donors (Lipinski definition) is 0. The van der Waals surface area contributed by atoms with E-state index >= 15 is 0 Å². The minimum Gasteiger partial charge on any atom is -0.410 e. The van der Waals surface area contributed by atoms with E-state index in [-0.39, 0.29) is 24.4 Å². The van der Waals surface area contributed by atoms with Crippen molar-refractivity contribution in [1.82, 2.24) is 0 Å². The molecule has 0 saturated carbocycles. The molecule has 106 valence electrons. The van der Waals surface area contributed by atoms with E-state index in [1.807, 2.05) is 0 Å². The molecule has 0 aromatic carbocycles. The second-order valence-electron chi connectivity index (χ2n) is 7.13. The third kappa shape index (κ3) is 3.64. The molecule has 2 aliphatic rings.